The molecule has 1 heterocycles. The van der Waals surface area contributed by atoms with Gasteiger partial charge in [-0.1, -0.05) is 25.5 Å². The van der Waals surface area contributed by atoms with Gasteiger partial charge in [-0.15, -0.1) is 0 Å². The van der Waals surface area contributed by atoms with Crippen molar-refractivity contribution >= 4 is 17.6 Å². The van der Waals surface area contributed by atoms with Gasteiger partial charge >= 0.3 is 6.03 Å². The number of aryl methyl sites for hydroxylation is 1. The Balaban J connectivity index is 2.21. The Labute approximate surface area is 94.2 Å². The van der Waals surface area contributed by atoms with Crippen molar-refractivity contribution in [3.05, 3.63) is 29.8 Å². The lowest BCUT2D eigenvalue weighted by Crippen LogP contribution is -2.30. The second kappa shape index (κ2) is 4.35. The lowest BCUT2D eigenvalue weighted by molar-refractivity contribution is -0.115. The van der Waals surface area contributed by atoms with Gasteiger partial charge in [0.1, 0.15) is 0 Å². The van der Waals surface area contributed by atoms with Crippen LogP contribution in [0.3, 0.4) is 0 Å². The van der Waals surface area contributed by atoms with Gasteiger partial charge in [-0.3, -0.25) is 4.79 Å². The first-order chi connectivity index (χ1) is 7.72. The van der Waals surface area contributed by atoms with Gasteiger partial charge in [0.15, 0.2) is 0 Å². The SMILES string of the molecule is CCCc1ccc(N2C(=O)CNC2=O)cc1. The lowest BCUT2D eigenvalue weighted by Gasteiger charge is -2.12. The molecule has 1 N–H and O–H groups in total. The summed E-state index contributed by atoms with van der Waals surface area (Å²) in [5.41, 5.74) is 1.86. The van der Waals surface area contributed by atoms with Crippen molar-refractivity contribution in [3.63, 3.8) is 0 Å². The number of imide groups is 1. The maximum Gasteiger partial charge on any atom is 0.329 e. The molecule has 4 nitrogen and oxygen atoms in total. The minimum atomic E-state index is -0.340. The minimum Gasteiger partial charge on any atom is -0.328 e. The van der Waals surface area contributed by atoms with Crippen LogP contribution >= 0.6 is 0 Å². The van der Waals surface area contributed by atoms with Crippen LogP contribution in [0.15, 0.2) is 24.3 Å². The van der Waals surface area contributed by atoms with Crippen LogP contribution in [0.2, 0.25) is 0 Å². The second-order valence-corrected chi connectivity index (χ2v) is 3.80. The standard InChI is InChI=1S/C12H14N2O2/c1-2-3-9-4-6-10(7-5-9)14-11(15)8-13-12(14)16/h4-7H,2-3,8H2,1H3,(H,13,16). The summed E-state index contributed by atoms with van der Waals surface area (Å²) >= 11 is 0. The number of carbonyl (C=O) groups is 2. The molecule has 0 aliphatic carbocycles. The van der Waals surface area contributed by atoms with Crippen LogP contribution in [-0.2, 0) is 11.2 Å². The third-order valence-electron chi connectivity index (χ3n) is 2.58. The number of urea groups is 1. The quantitative estimate of drug-likeness (QED) is 0.785. The molecule has 0 bridgehead atoms. The van der Waals surface area contributed by atoms with Crippen molar-refractivity contribution in [2.75, 3.05) is 11.4 Å². The van der Waals surface area contributed by atoms with Crippen LogP contribution in [0.4, 0.5) is 10.5 Å². The molecule has 84 valence electrons. The number of amides is 3. The summed E-state index contributed by atoms with van der Waals surface area (Å²) in [5, 5.41) is 2.50. The first-order valence-corrected chi connectivity index (χ1v) is 5.42. The normalized spacial score (nSPS) is 15.4. The monoisotopic (exact) mass is 218 g/mol. The van der Waals surface area contributed by atoms with Gasteiger partial charge in [0.2, 0.25) is 0 Å². The van der Waals surface area contributed by atoms with Gasteiger partial charge in [0.25, 0.3) is 5.91 Å². The molecule has 16 heavy (non-hydrogen) atoms. The first kappa shape index (κ1) is 10.7. The molecule has 1 aromatic rings. The fraction of sp³-hybridized carbons (Fsp3) is 0.333. The zero-order valence-corrected chi connectivity index (χ0v) is 9.19. The molecule has 1 aliphatic heterocycles. The summed E-state index contributed by atoms with van der Waals surface area (Å²) in [4.78, 5) is 24.0. The Morgan fingerprint density at radius 2 is 1.94 bits per heavy atom. The van der Waals surface area contributed by atoms with E-state index in [1.165, 1.54) is 10.5 Å². The fourth-order valence-electron chi connectivity index (χ4n) is 1.78. The van der Waals surface area contributed by atoms with E-state index in [-0.39, 0.29) is 18.5 Å². The topological polar surface area (TPSA) is 49.4 Å². The fourth-order valence-corrected chi connectivity index (χ4v) is 1.78. The van der Waals surface area contributed by atoms with Gasteiger partial charge in [0, 0.05) is 0 Å². The summed E-state index contributed by atoms with van der Waals surface area (Å²) in [5.74, 6) is -0.201. The number of rotatable bonds is 3. The zero-order valence-electron chi connectivity index (χ0n) is 9.19. The molecule has 2 rings (SSSR count). The van der Waals surface area contributed by atoms with Gasteiger partial charge < -0.3 is 5.32 Å². The van der Waals surface area contributed by atoms with E-state index in [4.69, 9.17) is 0 Å². The van der Waals surface area contributed by atoms with Crippen molar-refractivity contribution in [2.45, 2.75) is 19.8 Å². The maximum absolute atomic E-state index is 11.4. The number of anilines is 1. The Bertz CT molecular complexity index is 396. The lowest BCUT2D eigenvalue weighted by atomic mass is 10.1. The molecule has 0 saturated carbocycles. The van der Waals surface area contributed by atoms with Gasteiger partial charge in [-0.25, -0.2) is 9.69 Å². The van der Waals surface area contributed by atoms with Crippen LogP contribution in [0.5, 0.6) is 0 Å². The van der Waals surface area contributed by atoms with Crippen LogP contribution in [0, 0.1) is 0 Å². The molecule has 0 spiro atoms. The van der Waals surface area contributed by atoms with E-state index >= 15 is 0 Å². The number of carbonyl (C=O) groups excluding carboxylic acids is 2. The largest absolute Gasteiger partial charge is 0.329 e. The highest BCUT2D eigenvalue weighted by Gasteiger charge is 2.29. The number of nitrogens with zero attached hydrogens (tertiary/aromatic N) is 1. The van der Waals surface area contributed by atoms with Gasteiger partial charge in [-0.05, 0) is 24.1 Å². The highest BCUT2D eigenvalue weighted by molar-refractivity contribution is 6.19. The van der Waals surface area contributed by atoms with E-state index < -0.39 is 0 Å². The van der Waals surface area contributed by atoms with E-state index in [0.717, 1.165) is 12.8 Å². The molecule has 1 saturated heterocycles. The molecule has 1 aromatic carbocycles. The summed E-state index contributed by atoms with van der Waals surface area (Å²) in [7, 11) is 0. The summed E-state index contributed by atoms with van der Waals surface area (Å²) < 4.78 is 0. The van der Waals surface area contributed by atoms with Crippen LogP contribution in [-0.4, -0.2) is 18.5 Å². The highest BCUT2D eigenvalue weighted by Crippen LogP contribution is 2.18. The highest BCUT2D eigenvalue weighted by atomic mass is 16.2. The third kappa shape index (κ3) is 1.91. The van der Waals surface area contributed by atoms with E-state index in [9.17, 15) is 9.59 Å². The second-order valence-electron chi connectivity index (χ2n) is 3.80. The van der Waals surface area contributed by atoms with E-state index in [1.54, 1.807) is 0 Å². The molecule has 3 amide bonds. The molecule has 0 atom stereocenters. The Morgan fingerprint density at radius 1 is 1.25 bits per heavy atom. The molecule has 0 aromatic heterocycles. The van der Waals surface area contributed by atoms with Gasteiger partial charge in [-0.2, -0.15) is 0 Å². The Kier molecular flexibility index (Phi) is 2.90. The molecular formula is C12H14N2O2. The van der Waals surface area contributed by atoms with Crippen molar-refractivity contribution in [3.8, 4) is 0 Å². The summed E-state index contributed by atoms with van der Waals surface area (Å²) in [6.45, 7) is 2.21. The molecule has 0 unspecified atom stereocenters. The van der Waals surface area contributed by atoms with Crippen molar-refractivity contribution in [2.24, 2.45) is 0 Å². The van der Waals surface area contributed by atoms with E-state index in [1.807, 2.05) is 24.3 Å². The molecule has 1 fully saturated rings. The first-order valence-electron chi connectivity index (χ1n) is 5.42. The zero-order chi connectivity index (χ0) is 11.5. The maximum atomic E-state index is 11.4. The minimum absolute atomic E-state index is 0.0928. The van der Waals surface area contributed by atoms with Crippen molar-refractivity contribution < 1.29 is 9.59 Å². The summed E-state index contributed by atoms with van der Waals surface area (Å²) in [6.07, 6.45) is 2.10. The predicted molar refractivity (Wildman–Crippen MR) is 61.3 cm³/mol. The smallest absolute Gasteiger partial charge is 0.328 e. The van der Waals surface area contributed by atoms with Crippen LogP contribution in [0.1, 0.15) is 18.9 Å². The average Bonchev–Trinajstić information content (AvgIpc) is 2.61. The van der Waals surface area contributed by atoms with Crippen LogP contribution < -0.4 is 10.2 Å². The Hall–Kier alpha value is -1.84. The number of benzene rings is 1. The number of hydrogen-bond acceptors (Lipinski definition) is 2. The average molecular weight is 218 g/mol. The van der Waals surface area contributed by atoms with Crippen LogP contribution in [0.25, 0.3) is 0 Å². The Morgan fingerprint density at radius 3 is 2.44 bits per heavy atom. The number of nitrogens with one attached hydrogen (secondary N) is 1. The third-order valence-corrected chi connectivity index (χ3v) is 2.58. The van der Waals surface area contributed by atoms with E-state index in [2.05, 4.69) is 12.2 Å². The number of hydrogen-bond donors (Lipinski definition) is 1. The van der Waals surface area contributed by atoms with Crippen molar-refractivity contribution in [1.29, 1.82) is 0 Å². The molecule has 0 radical (unpaired) electrons. The van der Waals surface area contributed by atoms with E-state index in [0.29, 0.717) is 5.69 Å². The summed E-state index contributed by atoms with van der Waals surface area (Å²) in [6, 6.07) is 7.20. The molecule has 1 aliphatic rings. The molecule has 4 heteroatoms. The molecular weight excluding hydrogens is 204 g/mol. The van der Waals surface area contributed by atoms with Crippen molar-refractivity contribution in [1.82, 2.24) is 5.32 Å². The van der Waals surface area contributed by atoms with Gasteiger partial charge in [0.05, 0.1) is 12.2 Å². The predicted octanol–water partition coefficient (Wildman–Crippen LogP) is 1.70.